The Morgan fingerprint density at radius 1 is 1.05 bits per heavy atom. The van der Waals surface area contributed by atoms with Crippen LogP contribution in [0.4, 0.5) is 0 Å². The Morgan fingerprint density at radius 2 is 1.63 bits per heavy atom. The van der Waals surface area contributed by atoms with Crippen molar-refractivity contribution in [2.24, 2.45) is 0 Å². The molecule has 0 aliphatic rings. The Kier molecular flexibility index (Phi) is 5.41. The van der Waals surface area contributed by atoms with Crippen molar-refractivity contribution in [3.8, 4) is 0 Å². The molecule has 1 heterocycles. The number of hydrogen-bond acceptors (Lipinski definition) is 3. The topological polar surface area (TPSA) is 67.3 Å². The zero-order valence-corrected chi connectivity index (χ0v) is 10.8. The normalized spacial score (nSPS) is 9.16. The smallest absolute Gasteiger partial charge is 0.300 e. The van der Waals surface area contributed by atoms with Crippen LogP contribution in [0.3, 0.4) is 0 Å². The van der Waals surface area contributed by atoms with Gasteiger partial charge in [-0.2, -0.15) is 0 Å². The van der Waals surface area contributed by atoms with Crippen LogP contribution in [0.1, 0.15) is 28.5 Å². The fourth-order valence-electron chi connectivity index (χ4n) is 1.46. The van der Waals surface area contributed by atoms with Crippen LogP contribution in [0, 0.1) is 6.92 Å². The minimum absolute atomic E-state index is 0.0197. The van der Waals surface area contributed by atoms with E-state index in [1.165, 1.54) is 0 Å². The van der Waals surface area contributed by atoms with Crippen LogP contribution in [0.15, 0.2) is 48.7 Å². The number of carbonyl (C=O) groups excluding carboxylic acids is 1. The van der Waals surface area contributed by atoms with Gasteiger partial charge >= 0.3 is 0 Å². The van der Waals surface area contributed by atoms with E-state index < -0.39 is 5.97 Å². The van der Waals surface area contributed by atoms with Crippen LogP contribution in [-0.4, -0.2) is 21.8 Å². The molecule has 1 aromatic carbocycles. The van der Waals surface area contributed by atoms with Crippen LogP contribution < -0.4 is 0 Å². The van der Waals surface area contributed by atoms with Gasteiger partial charge in [0.15, 0.2) is 0 Å². The molecule has 2 rings (SSSR count). The monoisotopic (exact) mass is 257 g/mol. The van der Waals surface area contributed by atoms with E-state index in [0.29, 0.717) is 5.69 Å². The first-order valence-corrected chi connectivity index (χ1v) is 5.73. The molecule has 0 aliphatic carbocycles. The summed E-state index contributed by atoms with van der Waals surface area (Å²) >= 11 is 0. The van der Waals surface area contributed by atoms with Gasteiger partial charge in [-0.15, -0.1) is 0 Å². The fourth-order valence-corrected chi connectivity index (χ4v) is 1.46. The number of ketones is 1. The average molecular weight is 257 g/mol. The van der Waals surface area contributed by atoms with Crippen LogP contribution in [0.5, 0.6) is 0 Å². The molecule has 0 atom stereocenters. The van der Waals surface area contributed by atoms with Gasteiger partial charge in [-0.25, -0.2) is 0 Å². The van der Waals surface area contributed by atoms with E-state index in [9.17, 15) is 4.79 Å². The third kappa shape index (κ3) is 4.71. The molecule has 0 fully saturated rings. The first-order valence-electron chi connectivity index (χ1n) is 5.73. The molecule has 4 heteroatoms. The molecule has 98 valence electrons. The maximum atomic E-state index is 12.0. The van der Waals surface area contributed by atoms with Gasteiger partial charge in [-0.05, 0) is 24.6 Å². The van der Waals surface area contributed by atoms with Gasteiger partial charge < -0.3 is 5.11 Å². The SMILES string of the molecule is CC(=O)O.Cc1ccccc1C(=O)c1ccccn1. The molecular formula is C15H15NO3. The molecular weight excluding hydrogens is 242 g/mol. The molecule has 0 spiro atoms. The minimum Gasteiger partial charge on any atom is -0.481 e. The summed E-state index contributed by atoms with van der Waals surface area (Å²) < 4.78 is 0. The number of aromatic nitrogens is 1. The molecule has 0 amide bonds. The van der Waals surface area contributed by atoms with Crippen LogP contribution >= 0.6 is 0 Å². The zero-order valence-electron chi connectivity index (χ0n) is 10.8. The van der Waals surface area contributed by atoms with Gasteiger partial charge in [-0.3, -0.25) is 14.6 Å². The molecule has 0 radical (unpaired) electrons. The van der Waals surface area contributed by atoms with Crippen molar-refractivity contribution in [2.45, 2.75) is 13.8 Å². The van der Waals surface area contributed by atoms with Gasteiger partial charge in [0, 0.05) is 18.7 Å². The second-order valence-electron chi connectivity index (χ2n) is 3.88. The molecule has 0 saturated carbocycles. The van der Waals surface area contributed by atoms with E-state index in [0.717, 1.165) is 18.1 Å². The minimum atomic E-state index is -0.833. The van der Waals surface area contributed by atoms with Crippen molar-refractivity contribution in [2.75, 3.05) is 0 Å². The van der Waals surface area contributed by atoms with Gasteiger partial charge in [0.2, 0.25) is 5.78 Å². The Hall–Kier alpha value is -2.49. The summed E-state index contributed by atoms with van der Waals surface area (Å²) in [5, 5.41) is 7.42. The van der Waals surface area contributed by atoms with Crippen LogP contribution in [-0.2, 0) is 4.79 Å². The maximum Gasteiger partial charge on any atom is 0.300 e. The lowest BCUT2D eigenvalue weighted by molar-refractivity contribution is -0.134. The largest absolute Gasteiger partial charge is 0.481 e. The summed E-state index contributed by atoms with van der Waals surface area (Å²) in [6.07, 6.45) is 1.63. The Bertz CT molecular complexity index is 561. The number of aryl methyl sites for hydroxylation is 1. The number of rotatable bonds is 2. The molecule has 19 heavy (non-hydrogen) atoms. The van der Waals surface area contributed by atoms with E-state index in [1.54, 1.807) is 18.3 Å². The number of carboxylic acid groups (broad SMARTS) is 1. The van der Waals surface area contributed by atoms with Gasteiger partial charge in [0.1, 0.15) is 5.69 Å². The Balaban J connectivity index is 0.000000399. The van der Waals surface area contributed by atoms with Crippen molar-refractivity contribution in [1.29, 1.82) is 0 Å². The molecule has 0 bridgehead atoms. The summed E-state index contributed by atoms with van der Waals surface area (Å²) in [6.45, 7) is 3.01. The van der Waals surface area contributed by atoms with Crippen molar-refractivity contribution in [3.63, 3.8) is 0 Å². The van der Waals surface area contributed by atoms with Crippen LogP contribution in [0.25, 0.3) is 0 Å². The van der Waals surface area contributed by atoms with Crippen molar-refractivity contribution in [3.05, 3.63) is 65.5 Å². The lowest BCUT2D eigenvalue weighted by atomic mass is 10.0. The fraction of sp³-hybridized carbons (Fsp3) is 0.133. The van der Waals surface area contributed by atoms with E-state index in [2.05, 4.69) is 4.98 Å². The standard InChI is InChI=1S/C13H11NO.C2H4O2/c1-10-6-2-3-7-11(10)13(15)12-8-4-5-9-14-12;1-2(3)4/h2-9H,1H3;1H3,(H,3,4). The van der Waals surface area contributed by atoms with E-state index in [1.807, 2.05) is 37.3 Å². The first-order chi connectivity index (χ1) is 9.02. The number of benzene rings is 1. The Labute approximate surface area is 111 Å². The summed E-state index contributed by atoms with van der Waals surface area (Å²) in [6, 6.07) is 12.9. The van der Waals surface area contributed by atoms with Gasteiger partial charge in [0.25, 0.3) is 5.97 Å². The molecule has 2 aromatic rings. The molecule has 0 saturated heterocycles. The highest BCUT2D eigenvalue weighted by Gasteiger charge is 2.11. The summed E-state index contributed by atoms with van der Waals surface area (Å²) in [5.74, 6) is -0.853. The van der Waals surface area contributed by atoms with Crippen molar-refractivity contribution < 1.29 is 14.7 Å². The lowest BCUT2D eigenvalue weighted by Crippen LogP contribution is -2.05. The summed E-state index contributed by atoms with van der Waals surface area (Å²) in [4.78, 5) is 25.1. The first kappa shape index (κ1) is 14.6. The molecule has 1 N–H and O–H groups in total. The van der Waals surface area contributed by atoms with Crippen molar-refractivity contribution in [1.82, 2.24) is 4.98 Å². The molecule has 0 aliphatic heterocycles. The second-order valence-corrected chi connectivity index (χ2v) is 3.88. The predicted molar refractivity (Wildman–Crippen MR) is 72.2 cm³/mol. The zero-order chi connectivity index (χ0) is 14.3. The second kappa shape index (κ2) is 7.06. The highest BCUT2D eigenvalue weighted by atomic mass is 16.4. The number of hydrogen-bond donors (Lipinski definition) is 1. The highest BCUT2D eigenvalue weighted by molar-refractivity contribution is 6.08. The summed E-state index contributed by atoms with van der Waals surface area (Å²) in [5.41, 5.74) is 2.19. The molecule has 0 unspecified atom stereocenters. The van der Waals surface area contributed by atoms with E-state index >= 15 is 0 Å². The Morgan fingerprint density at radius 3 is 2.16 bits per heavy atom. The number of aliphatic carboxylic acids is 1. The number of pyridine rings is 1. The van der Waals surface area contributed by atoms with E-state index in [-0.39, 0.29) is 5.78 Å². The lowest BCUT2D eigenvalue weighted by Gasteiger charge is -2.03. The predicted octanol–water partition coefficient (Wildman–Crippen LogP) is 2.71. The maximum absolute atomic E-state index is 12.0. The average Bonchev–Trinajstić information content (AvgIpc) is 2.39. The molecule has 4 nitrogen and oxygen atoms in total. The third-order valence-corrected chi connectivity index (χ3v) is 2.29. The van der Waals surface area contributed by atoms with E-state index in [4.69, 9.17) is 9.90 Å². The quantitative estimate of drug-likeness (QED) is 0.840. The number of carboxylic acids is 1. The molecule has 1 aromatic heterocycles. The number of nitrogens with zero attached hydrogens (tertiary/aromatic N) is 1. The third-order valence-electron chi connectivity index (χ3n) is 2.29. The van der Waals surface area contributed by atoms with Crippen LogP contribution in [0.2, 0.25) is 0 Å². The number of carbonyl (C=O) groups is 2. The van der Waals surface area contributed by atoms with Gasteiger partial charge in [0.05, 0.1) is 0 Å². The summed E-state index contributed by atoms with van der Waals surface area (Å²) in [7, 11) is 0. The highest BCUT2D eigenvalue weighted by Crippen LogP contribution is 2.11. The van der Waals surface area contributed by atoms with Crippen molar-refractivity contribution >= 4 is 11.8 Å². The van der Waals surface area contributed by atoms with Gasteiger partial charge in [-0.1, -0.05) is 30.3 Å².